The largest absolute Gasteiger partial charge is 0.348 e. The van der Waals surface area contributed by atoms with E-state index in [1.807, 2.05) is 44.4 Å². The van der Waals surface area contributed by atoms with Crippen LogP contribution in [0.25, 0.3) is 10.9 Å². The molecule has 1 aromatic carbocycles. The molecule has 0 atom stereocenters. The van der Waals surface area contributed by atoms with Crippen LogP contribution in [0.3, 0.4) is 0 Å². The van der Waals surface area contributed by atoms with Crippen LogP contribution >= 0.6 is 11.8 Å². The van der Waals surface area contributed by atoms with Crippen molar-refractivity contribution in [2.75, 3.05) is 6.26 Å². The fourth-order valence-electron chi connectivity index (χ4n) is 6.13. The molecule has 5 rings (SSSR count). The standard InChI is InChI=1S/C29H36F2N4O2S/c1-17-12-25(38-3)23(27(36)33-17)15-32-28(37)26-18(2)35(24-7-5-4-6-22(24)26)16-19-8-10-20(11-9-19)34-21-13-29(30,31)14-21/h4-7,12,19-21,34H,8-11,13-16H2,1-3H3,(H,32,37)(H,33,36)/t19-,20-. The summed E-state index contributed by atoms with van der Waals surface area (Å²) in [4.78, 5) is 29.7. The average Bonchev–Trinajstić information content (AvgIpc) is 3.14. The van der Waals surface area contributed by atoms with Crippen molar-refractivity contribution in [3.05, 3.63) is 63.2 Å². The lowest BCUT2D eigenvalue weighted by molar-refractivity contribution is -0.0956. The van der Waals surface area contributed by atoms with Gasteiger partial charge in [0, 0.05) is 70.8 Å². The molecule has 2 aliphatic rings. The maximum Gasteiger partial charge on any atom is 0.254 e. The summed E-state index contributed by atoms with van der Waals surface area (Å²) in [7, 11) is 0. The van der Waals surface area contributed by atoms with Gasteiger partial charge in [0.1, 0.15) is 0 Å². The number of hydrogen-bond donors (Lipinski definition) is 3. The van der Waals surface area contributed by atoms with Gasteiger partial charge in [0.15, 0.2) is 0 Å². The lowest BCUT2D eigenvalue weighted by atomic mass is 9.82. The summed E-state index contributed by atoms with van der Waals surface area (Å²) in [5.74, 6) is -2.20. The zero-order valence-corrected chi connectivity index (χ0v) is 23.0. The molecule has 0 aliphatic heterocycles. The van der Waals surface area contributed by atoms with E-state index in [-0.39, 0.29) is 36.9 Å². The number of nitrogens with one attached hydrogen (secondary N) is 3. The number of aromatic amines is 1. The lowest BCUT2D eigenvalue weighted by Crippen LogP contribution is -2.52. The number of carbonyl (C=O) groups excluding carboxylic acids is 1. The van der Waals surface area contributed by atoms with Crippen LogP contribution in [0.15, 0.2) is 40.0 Å². The van der Waals surface area contributed by atoms with Gasteiger partial charge in [-0.25, -0.2) is 8.78 Å². The number of para-hydroxylation sites is 1. The highest BCUT2D eigenvalue weighted by Gasteiger charge is 2.45. The van der Waals surface area contributed by atoms with Gasteiger partial charge in [0.05, 0.1) is 5.56 Å². The van der Waals surface area contributed by atoms with Crippen LogP contribution in [-0.2, 0) is 13.1 Å². The Balaban J connectivity index is 1.28. The molecule has 9 heteroatoms. The van der Waals surface area contributed by atoms with Gasteiger partial charge in [0.25, 0.3) is 17.4 Å². The van der Waals surface area contributed by atoms with Crippen LogP contribution in [0.2, 0.25) is 0 Å². The molecule has 38 heavy (non-hydrogen) atoms. The molecule has 2 aromatic heterocycles. The van der Waals surface area contributed by atoms with Crippen molar-refractivity contribution in [1.82, 2.24) is 20.2 Å². The maximum atomic E-state index is 13.5. The summed E-state index contributed by atoms with van der Waals surface area (Å²) in [5.41, 5.74) is 3.78. The van der Waals surface area contributed by atoms with Crippen LogP contribution in [0.5, 0.6) is 0 Å². The van der Waals surface area contributed by atoms with Gasteiger partial charge in [-0.05, 0) is 63.8 Å². The third-order valence-electron chi connectivity index (χ3n) is 8.18. The van der Waals surface area contributed by atoms with E-state index in [0.29, 0.717) is 23.1 Å². The van der Waals surface area contributed by atoms with Crippen LogP contribution in [0, 0.1) is 19.8 Å². The molecular formula is C29H36F2N4O2S. The maximum absolute atomic E-state index is 13.5. The van der Waals surface area contributed by atoms with Gasteiger partial charge in [-0.3, -0.25) is 9.59 Å². The highest BCUT2D eigenvalue weighted by Crippen LogP contribution is 2.39. The lowest BCUT2D eigenvalue weighted by Gasteiger charge is -2.40. The number of nitrogens with zero attached hydrogens (tertiary/aromatic N) is 1. The van der Waals surface area contributed by atoms with Gasteiger partial charge in [-0.15, -0.1) is 11.8 Å². The number of benzene rings is 1. The number of rotatable bonds is 8. The molecule has 0 radical (unpaired) electrons. The van der Waals surface area contributed by atoms with E-state index in [9.17, 15) is 18.4 Å². The third kappa shape index (κ3) is 5.54. The molecule has 3 N–H and O–H groups in total. The van der Waals surface area contributed by atoms with E-state index in [2.05, 4.69) is 26.3 Å². The van der Waals surface area contributed by atoms with Gasteiger partial charge in [0.2, 0.25) is 0 Å². The Hall–Kier alpha value is -2.65. The minimum atomic E-state index is -2.49. The minimum Gasteiger partial charge on any atom is -0.348 e. The van der Waals surface area contributed by atoms with Gasteiger partial charge >= 0.3 is 0 Å². The van der Waals surface area contributed by atoms with Gasteiger partial charge in [-0.2, -0.15) is 0 Å². The van der Waals surface area contributed by atoms with Crippen molar-refractivity contribution in [2.24, 2.45) is 5.92 Å². The summed E-state index contributed by atoms with van der Waals surface area (Å²) >= 11 is 1.49. The zero-order valence-electron chi connectivity index (χ0n) is 22.2. The van der Waals surface area contributed by atoms with Crippen molar-refractivity contribution in [2.45, 2.75) is 88.4 Å². The summed E-state index contributed by atoms with van der Waals surface area (Å²) in [5, 5.41) is 7.33. The smallest absolute Gasteiger partial charge is 0.254 e. The molecule has 0 bridgehead atoms. The molecule has 1 amide bonds. The second kappa shape index (κ2) is 10.8. The second-order valence-corrected chi connectivity index (χ2v) is 11.8. The summed E-state index contributed by atoms with van der Waals surface area (Å²) < 4.78 is 28.6. The van der Waals surface area contributed by atoms with Crippen LogP contribution in [0.1, 0.15) is 65.8 Å². The highest BCUT2D eigenvalue weighted by atomic mass is 32.2. The van der Waals surface area contributed by atoms with Crippen LogP contribution in [0.4, 0.5) is 8.78 Å². The van der Waals surface area contributed by atoms with E-state index in [0.717, 1.165) is 59.4 Å². The Morgan fingerprint density at radius 3 is 2.53 bits per heavy atom. The number of aryl methyl sites for hydroxylation is 1. The predicted octanol–water partition coefficient (Wildman–Crippen LogP) is 5.54. The number of aromatic nitrogens is 2. The van der Waals surface area contributed by atoms with Crippen LogP contribution in [-0.4, -0.2) is 39.7 Å². The molecule has 0 saturated heterocycles. The van der Waals surface area contributed by atoms with Crippen molar-refractivity contribution >= 4 is 28.6 Å². The molecule has 204 valence electrons. The number of hydrogen-bond acceptors (Lipinski definition) is 4. The fraction of sp³-hybridized carbons (Fsp3) is 0.517. The Labute approximate surface area is 226 Å². The van der Waals surface area contributed by atoms with Crippen molar-refractivity contribution in [1.29, 1.82) is 0 Å². The minimum absolute atomic E-state index is 0.0385. The topological polar surface area (TPSA) is 78.9 Å². The normalized spacial score (nSPS) is 21.4. The third-order valence-corrected chi connectivity index (χ3v) is 8.99. The molecule has 0 spiro atoms. The van der Waals surface area contributed by atoms with E-state index in [1.165, 1.54) is 11.8 Å². The quantitative estimate of drug-likeness (QED) is 0.327. The number of carbonyl (C=O) groups is 1. The van der Waals surface area contributed by atoms with E-state index >= 15 is 0 Å². The van der Waals surface area contributed by atoms with Gasteiger partial charge in [-0.1, -0.05) is 18.2 Å². The molecule has 0 unspecified atom stereocenters. The van der Waals surface area contributed by atoms with E-state index in [1.54, 1.807) is 0 Å². The number of pyridine rings is 1. The number of H-pyrrole nitrogens is 1. The first-order valence-corrected chi connectivity index (χ1v) is 14.6. The summed E-state index contributed by atoms with van der Waals surface area (Å²) in [6, 6.07) is 10.2. The number of fused-ring (bicyclic) bond motifs is 1. The summed E-state index contributed by atoms with van der Waals surface area (Å²) in [6.45, 7) is 4.82. The first-order valence-electron chi connectivity index (χ1n) is 13.4. The number of alkyl halides is 2. The molecule has 6 nitrogen and oxygen atoms in total. The summed E-state index contributed by atoms with van der Waals surface area (Å²) in [6.07, 6.45) is 5.88. The van der Waals surface area contributed by atoms with E-state index < -0.39 is 5.92 Å². The second-order valence-electron chi connectivity index (χ2n) is 10.9. The highest BCUT2D eigenvalue weighted by molar-refractivity contribution is 7.98. The number of amides is 1. The van der Waals surface area contributed by atoms with Crippen LogP contribution < -0.4 is 16.2 Å². The first kappa shape index (κ1) is 26.9. The Morgan fingerprint density at radius 1 is 1.13 bits per heavy atom. The predicted molar refractivity (Wildman–Crippen MR) is 148 cm³/mol. The SMILES string of the molecule is CSc1cc(C)[nH]c(=O)c1CNC(=O)c1c(C)n(C[C@H]2CC[C@H](NC3CC(F)(F)C3)CC2)c2ccccc12. The number of halogens is 2. The first-order chi connectivity index (χ1) is 18.1. The molecule has 2 heterocycles. The molecule has 2 aliphatic carbocycles. The fourth-order valence-corrected chi connectivity index (χ4v) is 6.83. The van der Waals surface area contributed by atoms with Crippen molar-refractivity contribution in [3.63, 3.8) is 0 Å². The monoisotopic (exact) mass is 542 g/mol. The van der Waals surface area contributed by atoms with Crippen molar-refractivity contribution in [3.8, 4) is 0 Å². The van der Waals surface area contributed by atoms with E-state index in [4.69, 9.17) is 0 Å². The Bertz CT molecular complexity index is 1380. The Kier molecular flexibility index (Phi) is 7.69. The number of thioether (sulfide) groups is 1. The average molecular weight is 543 g/mol. The molecule has 3 aromatic rings. The van der Waals surface area contributed by atoms with Crippen molar-refractivity contribution < 1.29 is 13.6 Å². The molecule has 2 fully saturated rings. The Morgan fingerprint density at radius 2 is 1.84 bits per heavy atom. The molecule has 2 saturated carbocycles. The van der Waals surface area contributed by atoms with Gasteiger partial charge < -0.3 is 20.2 Å². The molecular weight excluding hydrogens is 506 g/mol. The zero-order chi connectivity index (χ0) is 27.0.